The molecule has 30 heavy (non-hydrogen) atoms. The van der Waals surface area contributed by atoms with E-state index in [1.54, 1.807) is 12.1 Å². The Morgan fingerprint density at radius 2 is 1.57 bits per heavy atom. The maximum absolute atomic E-state index is 12.7. The summed E-state index contributed by atoms with van der Waals surface area (Å²) in [7, 11) is 0. The van der Waals surface area contributed by atoms with Gasteiger partial charge in [0.2, 0.25) is 0 Å². The molecule has 1 amide bonds. The topological polar surface area (TPSA) is 38.3 Å². The van der Waals surface area contributed by atoms with Gasteiger partial charge in [-0.1, -0.05) is 60.4 Å². The number of nitrogens with one attached hydrogen (secondary N) is 1. The maximum atomic E-state index is 12.7. The fourth-order valence-electron chi connectivity index (χ4n) is 2.67. The summed E-state index contributed by atoms with van der Waals surface area (Å²) in [5.74, 6) is 5.19. The zero-order valence-corrected chi connectivity index (χ0v) is 15.9. The van der Waals surface area contributed by atoms with Gasteiger partial charge in [-0.15, -0.1) is 0 Å². The lowest BCUT2D eigenvalue weighted by molar-refractivity contribution is -0.137. The summed E-state index contributed by atoms with van der Waals surface area (Å²) in [4.78, 5) is 12.2. The predicted molar refractivity (Wildman–Crippen MR) is 109 cm³/mol. The first-order chi connectivity index (χ1) is 14.4. The SMILES string of the molecule is O=C(NCC#CCOc1cccc(C(F)(F)F)c1)c1ccc(-c2ccccc2)cc1. The number of halogens is 3. The molecule has 0 bridgehead atoms. The Balaban J connectivity index is 1.46. The number of carbonyl (C=O) groups excluding carboxylic acids is 1. The summed E-state index contributed by atoms with van der Waals surface area (Å²) < 4.78 is 43.2. The molecular weight excluding hydrogens is 391 g/mol. The molecule has 3 aromatic rings. The second kappa shape index (κ2) is 9.66. The Morgan fingerprint density at radius 3 is 2.27 bits per heavy atom. The van der Waals surface area contributed by atoms with Gasteiger partial charge in [0.1, 0.15) is 12.4 Å². The van der Waals surface area contributed by atoms with Crippen LogP contribution in [0.3, 0.4) is 0 Å². The largest absolute Gasteiger partial charge is 0.481 e. The lowest BCUT2D eigenvalue weighted by Gasteiger charge is -2.08. The van der Waals surface area contributed by atoms with Crippen molar-refractivity contribution < 1.29 is 22.7 Å². The van der Waals surface area contributed by atoms with Gasteiger partial charge in [-0.25, -0.2) is 0 Å². The molecule has 0 unspecified atom stereocenters. The fourth-order valence-corrected chi connectivity index (χ4v) is 2.67. The molecule has 1 N–H and O–H groups in total. The minimum atomic E-state index is -4.42. The summed E-state index contributed by atoms with van der Waals surface area (Å²) in [5, 5.41) is 2.67. The van der Waals surface area contributed by atoms with E-state index in [4.69, 9.17) is 4.74 Å². The molecule has 6 heteroatoms. The zero-order valence-electron chi connectivity index (χ0n) is 15.9. The third-order valence-corrected chi connectivity index (χ3v) is 4.19. The Kier molecular flexibility index (Phi) is 6.76. The van der Waals surface area contributed by atoms with Crippen molar-refractivity contribution in [1.29, 1.82) is 0 Å². The smallest absolute Gasteiger partial charge is 0.416 e. The number of benzene rings is 3. The molecule has 3 rings (SSSR count). The van der Waals surface area contributed by atoms with Crippen LogP contribution in [-0.4, -0.2) is 19.1 Å². The number of ether oxygens (including phenoxy) is 1. The van der Waals surface area contributed by atoms with Crippen molar-refractivity contribution in [3.8, 4) is 28.7 Å². The number of hydrogen-bond donors (Lipinski definition) is 1. The Bertz CT molecular complexity index is 1050. The molecule has 0 fully saturated rings. The Hall–Kier alpha value is -3.72. The van der Waals surface area contributed by atoms with Crippen LogP contribution in [0.15, 0.2) is 78.9 Å². The molecule has 0 aliphatic heterocycles. The minimum Gasteiger partial charge on any atom is -0.481 e. The van der Waals surface area contributed by atoms with E-state index < -0.39 is 11.7 Å². The van der Waals surface area contributed by atoms with Crippen molar-refractivity contribution in [3.05, 3.63) is 90.0 Å². The van der Waals surface area contributed by atoms with Crippen molar-refractivity contribution >= 4 is 5.91 Å². The van der Waals surface area contributed by atoms with Crippen LogP contribution in [0.2, 0.25) is 0 Å². The van der Waals surface area contributed by atoms with E-state index in [2.05, 4.69) is 17.2 Å². The quantitative estimate of drug-likeness (QED) is 0.590. The van der Waals surface area contributed by atoms with Gasteiger partial charge in [0.15, 0.2) is 0 Å². The monoisotopic (exact) mass is 409 g/mol. The van der Waals surface area contributed by atoms with Crippen molar-refractivity contribution in [2.75, 3.05) is 13.2 Å². The van der Waals surface area contributed by atoms with E-state index in [1.807, 2.05) is 42.5 Å². The third kappa shape index (κ3) is 5.89. The molecule has 152 valence electrons. The van der Waals surface area contributed by atoms with Crippen molar-refractivity contribution in [2.45, 2.75) is 6.18 Å². The fraction of sp³-hybridized carbons (Fsp3) is 0.125. The molecule has 0 aromatic heterocycles. The minimum absolute atomic E-state index is 0.0804. The van der Waals surface area contributed by atoms with Crippen molar-refractivity contribution in [2.24, 2.45) is 0 Å². The van der Waals surface area contributed by atoms with Crippen LogP contribution < -0.4 is 10.1 Å². The second-order valence-corrected chi connectivity index (χ2v) is 6.29. The van der Waals surface area contributed by atoms with E-state index >= 15 is 0 Å². The van der Waals surface area contributed by atoms with E-state index in [9.17, 15) is 18.0 Å². The van der Waals surface area contributed by atoms with E-state index in [-0.39, 0.29) is 24.8 Å². The second-order valence-electron chi connectivity index (χ2n) is 6.29. The van der Waals surface area contributed by atoms with Crippen LogP contribution in [0.4, 0.5) is 13.2 Å². The van der Waals surface area contributed by atoms with Crippen LogP contribution >= 0.6 is 0 Å². The highest BCUT2D eigenvalue weighted by Gasteiger charge is 2.30. The highest BCUT2D eigenvalue weighted by atomic mass is 19.4. The van der Waals surface area contributed by atoms with Gasteiger partial charge in [-0.3, -0.25) is 4.79 Å². The normalized spacial score (nSPS) is 10.6. The third-order valence-electron chi connectivity index (χ3n) is 4.19. The highest BCUT2D eigenvalue weighted by molar-refractivity contribution is 5.94. The average Bonchev–Trinajstić information content (AvgIpc) is 2.76. The summed E-state index contributed by atoms with van der Waals surface area (Å²) in [6.45, 7) is 0.0220. The summed E-state index contributed by atoms with van der Waals surface area (Å²) in [5.41, 5.74) is 1.81. The average molecular weight is 409 g/mol. The molecular formula is C24H18F3NO2. The van der Waals surface area contributed by atoms with Crippen LogP contribution in [0, 0.1) is 11.8 Å². The van der Waals surface area contributed by atoms with Crippen LogP contribution in [0.5, 0.6) is 5.75 Å². The Labute approximate surface area is 172 Å². The van der Waals surface area contributed by atoms with Gasteiger partial charge in [0, 0.05) is 5.56 Å². The number of hydrogen-bond acceptors (Lipinski definition) is 2. The molecule has 0 aliphatic carbocycles. The van der Waals surface area contributed by atoms with Crippen LogP contribution in [0.1, 0.15) is 15.9 Å². The van der Waals surface area contributed by atoms with Gasteiger partial charge in [-0.2, -0.15) is 13.2 Å². The lowest BCUT2D eigenvalue weighted by atomic mass is 10.0. The standard InChI is InChI=1S/C24H18F3NO2/c25-24(26,27)21-9-6-10-22(17-21)30-16-5-4-15-28-23(29)20-13-11-19(12-14-20)18-7-2-1-3-8-18/h1-3,6-14,17H,15-16H2,(H,28,29). The molecule has 0 radical (unpaired) electrons. The number of amides is 1. The summed E-state index contributed by atoms with van der Waals surface area (Å²) >= 11 is 0. The van der Waals surface area contributed by atoms with E-state index in [1.165, 1.54) is 12.1 Å². The molecule has 0 heterocycles. The highest BCUT2D eigenvalue weighted by Crippen LogP contribution is 2.31. The molecule has 0 atom stereocenters. The van der Waals surface area contributed by atoms with Crippen molar-refractivity contribution in [1.82, 2.24) is 5.32 Å². The summed E-state index contributed by atoms with van der Waals surface area (Å²) in [6.07, 6.45) is -4.42. The first-order valence-electron chi connectivity index (χ1n) is 9.13. The summed E-state index contributed by atoms with van der Waals surface area (Å²) in [6, 6.07) is 21.6. The predicted octanol–water partition coefficient (Wildman–Crippen LogP) is 5.18. The van der Waals surface area contributed by atoms with Gasteiger partial charge in [0.25, 0.3) is 5.91 Å². The Morgan fingerprint density at radius 1 is 0.867 bits per heavy atom. The molecule has 3 nitrogen and oxygen atoms in total. The molecule has 3 aromatic carbocycles. The zero-order chi connectivity index (χ0) is 21.4. The van der Waals surface area contributed by atoms with E-state index in [0.717, 1.165) is 23.3 Å². The first-order valence-corrected chi connectivity index (χ1v) is 9.13. The number of alkyl halides is 3. The molecule has 0 spiro atoms. The van der Waals surface area contributed by atoms with Gasteiger partial charge >= 0.3 is 6.18 Å². The number of rotatable bonds is 5. The van der Waals surface area contributed by atoms with Gasteiger partial charge in [-0.05, 0) is 41.5 Å². The molecule has 0 aliphatic rings. The van der Waals surface area contributed by atoms with E-state index in [0.29, 0.717) is 5.56 Å². The molecule has 0 saturated carbocycles. The molecule has 0 saturated heterocycles. The van der Waals surface area contributed by atoms with Crippen molar-refractivity contribution in [3.63, 3.8) is 0 Å². The lowest BCUT2D eigenvalue weighted by Crippen LogP contribution is -2.23. The van der Waals surface area contributed by atoms with Gasteiger partial charge < -0.3 is 10.1 Å². The van der Waals surface area contributed by atoms with Crippen LogP contribution in [-0.2, 0) is 6.18 Å². The number of carbonyl (C=O) groups is 1. The maximum Gasteiger partial charge on any atom is 0.416 e. The van der Waals surface area contributed by atoms with Crippen LogP contribution in [0.25, 0.3) is 11.1 Å². The van der Waals surface area contributed by atoms with Gasteiger partial charge in [0.05, 0.1) is 12.1 Å². The first kappa shape index (κ1) is 21.0.